The highest BCUT2D eigenvalue weighted by molar-refractivity contribution is 7.80. The Bertz CT molecular complexity index is 611. The molecule has 4 heteroatoms. The highest BCUT2D eigenvalue weighted by Crippen LogP contribution is 2.09. The Hall–Kier alpha value is -1.91. The van der Waals surface area contributed by atoms with E-state index in [0.717, 1.165) is 38.2 Å². The molecule has 0 unspecified atom stereocenters. The Morgan fingerprint density at radius 2 is 1.71 bits per heavy atom. The van der Waals surface area contributed by atoms with Crippen LogP contribution in [0.25, 0.3) is 0 Å². The van der Waals surface area contributed by atoms with Crippen molar-refractivity contribution in [1.29, 1.82) is 0 Å². The van der Waals surface area contributed by atoms with Crippen molar-refractivity contribution in [2.75, 3.05) is 25.5 Å². The lowest BCUT2D eigenvalue weighted by atomic mass is 10.1. The number of rotatable bonds is 8. The number of hydrogen-bond acceptors (Lipinski definition) is 2. The lowest BCUT2D eigenvalue weighted by Crippen LogP contribution is -2.31. The van der Waals surface area contributed by atoms with Crippen LogP contribution in [-0.2, 0) is 13.0 Å². The van der Waals surface area contributed by atoms with Gasteiger partial charge in [0.25, 0.3) is 0 Å². The standard InChI is InChI=1S/C20H27N3S/c1-3-17-10-12-19(13-11-17)22-20(24)21-14-7-15-23(2)16-18-8-5-4-6-9-18/h4-6,8-13H,3,7,14-16H2,1-2H3,(H2,21,22,24). The van der Waals surface area contributed by atoms with Crippen LogP contribution in [0.5, 0.6) is 0 Å². The molecule has 2 aromatic rings. The van der Waals surface area contributed by atoms with Gasteiger partial charge in [-0.2, -0.15) is 0 Å². The van der Waals surface area contributed by atoms with Gasteiger partial charge < -0.3 is 15.5 Å². The van der Waals surface area contributed by atoms with E-state index in [9.17, 15) is 0 Å². The molecule has 2 N–H and O–H groups in total. The molecule has 0 heterocycles. The molecule has 2 rings (SSSR count). The number of aryl methyl sites for hydroxylation is 1. The third-order valence-corrected chi connectivity index (χ3v) is 4.16. The summed E-state index contributed by atoms with van der Waals surface area (Å²) in [5.74, 6) is 0. The smallest absolute Gasteiger partial charge is 0.170 e. The zero-order chi connectivity index (χ0) is 17.2. The molecule has 0 amide bonds. The van der Waals surface area contributed by atoms with Crippen LogP contribution < -0.4 is 10.6 Å². The Labute approximate surface area is 151 Å². The maximum atomic E-state index is 5.35. The SMILES string of the molecule is CCc1ccc(NC(=S)NCCCN(C)Cc2ccccc2)cc1. The minimum absolute atomic E-state index is 0.685. The lowest BCUT2D eigenvalue weighted by molar-refractivity contribution is 0.322. The van der Waals surface area contributed by atoms with E-state index in [4.69, 9.17) is 12.2 Å². The van der Waals surface area contributed by atoms with Crippen LogP contribution in [0, 0.1) is 0 Å². The predicted octanol–water partition coefficient (Wildman–Crippen LogP) is 4.06. The van der Waals surface area contributed by atoms with E-state index in [2.05, 4.69) is 84.1 Å². The second-order valence-corrected chi connectivity index (χ2v) is 6.42. The summed E-state index contributed by atoms with van der Waals surface area (Å²) in [6.07, 6.45) is 2.11. The highest BCUT2D eigenvalue weighted by Gasteiger charge is 2.01. The van der Waals surface area contributed by atoms with Crippen molar-refractivity contribution >= 4 is 23.0 Å². The number of anilines is 1. The van der Waals surface area contributed by atoms with Gasteiger partial charge in [0, 0.05) is 18.8 Å². The van der Waals surface area contributed by atoms with Crippen LogP contribution in [-0.4, -0.2) is 30.1 Å². The molecule has 128 valence electrons. The third kappa shape index (κ3) is 6.69. The summed E-state index contributed by atoms with van der Waals surface area (Å²) in [6.45, 7) is 5.05. The van der Waals surface area contributed by atoms with Crippen molar-refractivity contribution in [3.05, 3.63) is 65.7 Å². The van der Waals surface area contributed by atoms with Crippen LogP contribution in [0.15, 0.2) is 54.6 Å². The van der Waals surface area contributed by atoms with E-state index >= 15 is 0 Å². The van der Waals surface area contributed by atoms with Gasteiger partial charge in [-0.1, -0.05) is 49.4 Å². The average Bonchev–Trinajstić information content (AvgIpc) is 2.60. The van der Waals surface area contributed by atoms with Gasteiger partial charge in [0.2, 0.25) is 0 Å². The molecule has 24 heavy (non-hydrogen) atoms. The molecule has 0 fully saturated rings. The van der Waals surface area contributed by atoms with Gasteiger partial charge >= 0.3 is 0 Å². The number of hydrogen-bond donors (Lipinski definition) is 2. The van der Waals surface area contributed by atoms with E-state index in [0.29, 0.717) is 5.11 Å². The molecule has 0 aliphatic rings. The van der Waals surface area contributed by atoms with Gasteiger partial charge in [0.1, 0.15) is 0 Å². The first-order valence-corrected chi connectivity index (χ1v) is 8.94. The first-order valence-electron chi connectivity index (χ1n) is 8.53. The highest BCUT2D eigenvalue weighted by atomic mass is 32.1. The minimum atomic E-state index is 0.685. The molecule has 0 aromatic heterocycles. The van der Waals surface area contributed by atoms with E-state index in [1.807, 2.05) is 0 Å². The molecule has 2 aromatic carbocycles. The van der Waals surface area contributed by atoms with E-state index in [-0.39, 0.29) is 0 Å². The van der Waals surface area contributed by atoms with Crippen LogP contribution in [0.2, 0.25) is 0 Å². The number of thiocarbonyl (C=S) groups is 1. The van der Waals surface area contributed by atoms with Crippen molar-refractivity contribution in [1.82, 2.24) is 10.2 Å². The fourth-order valence-corrected chi connectivity index (χ4v) is 2.74. The Balaban J connectivity index is 1.61. The summed E-state index contributed by atoms with van der Waals surface area (Å²) < 4.78 is 0. The van der Waals surface area contributed by atoms with Crippen LogP contribution >= 0.6 is 12.2 Å². The fraction of sp³-hybridized carbons (Fsp3) is 0.350. The summed E-state index contributed by atoms with van der Waals surface area (Å²) in [5.41, 5.74) is 3.72. The maximum Gasteiger partial charge on any atom is 0.170 e. The Kier molecular flexibility index (Phi) is 7.72. The molecular formula is C20H27N3S. The van der Waals surface area contributed by atoms with Gasteiger partial charge in [0.15, 0.2) is 5.11 Å². The third-order valence-electron chi connectivity index (χ3n) is 3.92. The summed E-state index contributed by atoms with van der Waals surface area (Å²) >= 11 is 5.35. The number of benzene rings is 2. The summed E-state index contributed by atoms with van der Waals surface area (Å²) in [5, 5.41) is 7.19. The minimum Gasteiger partial charge on any atom is -0.362 e. The first kappa shape index (κ1) is 18.4. The fourth-order valence-electron chi connectivity index (χ4n) is 2.52. The van der Waals surface area contributed by atoms with Crippen LogP contribution in [0.1, 0.15) is 24.5 Å². The zero-order valence-corrected chi connectivity index (χ0v) is 15.4. The average molecular weight is 342 g/mol. The van der Waals surface area contributed by atoms with Crippen molar-refractivity contribution in [3.63, 3.8) is 0 Å². The topological polar surface area (TPSA) is 27.3 Å². The van der Waals surface area contributed by atoms with Crippen molar-refractivity contribution in [2.45, 2.75) is 26.3 Å². The van der Waals surface area contributed by atoms with Crippen molar-refractivity contribution in [2.24, 2.45) is 0 Å². The van der Waals surface area contributed by atoms with Gasteiger partial charge in [-0.05, 0) is 61.9 Å². The lowest BCUT2D eigenvalue weighted by Gasteiger charge is -2.17. The van der Waals surface area contributed by atoms with E-state index < -0.39 is 0 Å². The summed E-state index contributed by atoms with van der Waals surface area (Å²) in [4.78, 5) is 2.33. The molecule has 0 aliphatic heterocycles. The zero-order valence-electron chi connectivity index (χ0n) is 14.6. The summed E-state index contributed by atoms with van der Waals surface area (Å²) in [7, 11) is 2.15. The second-order valence-electron chi connectivity index (χ2n) is 6.01. The van der Waals surface area contributed by atoms with E-state index in [1.54, 1.807) is 0 Å². The van der Waals surface area contributed by atoms with Crippen molar-refractivity contribution < 1.29 is 0 Å². The molecule has 0 aliphatic carbocycles. The quantitative estimate of drug-likeness (QED) is 0.559. The largest absolute Gasteiger partial charge is 0.362 e. The molecule has 0 atom stereocenters. The molecule has 3 nitrogen and oxygen atoms in total. The normalized spacial score (nSPS) is 10.6. The van der Waals surface area contributed by atoms with Crippen molar-refractivity contribution in [3.8, 4) is 0 Å². The molecular weight excluding hydrogens is 314 g/mol. The molecule has 0 bridgehead atoms. The molecule has 0 saturated heterocycles. The van der Waals surface area contributed by atoms with Crippen LogP contribution in [0.3, 0.4) is 0 Å². The molecule has 0 spiro atoms. The number of nitrogens with one attached hydrogen (secondary N) is 2. The van der Waals surface area contributed by atoms with Gasteiger partial charge in [0.05, 0.1) is 0 Å². The maximum absolute atomic E-state index is 5.35. The molecule has 0 radical (unpaired) electrons. The molecule has 0 saturated carbocycles. The second kappa shape index (κ2) is 10.1. The van der Waals surface area contributed by atoms with Gasteiger partial charge in [-0.15, -0.1) is 0 Å². The van der Waals surface area contributed by atoms with E-state index in [1.165, 1.54) is 11.1 Å². The number of nitrogens with zero attached hydrogens (tertiary/aromatic N) is 1. The summed E-state index contributed by atoms with van der Waals surface area (Å²) in [6, 6.07) is 18.9. The van der Waals surface area contributed by atoms with Gasteiger partial charge in [-0.3, -0.25) is 0 Å². The van der Waals surface area contributed by atoms with Gasteiger partial charge in [-0.25, -0.2) is 0 Å². The monoisotopic (exact) mass is 341 g/mol. The predicted molar refractivity (Wildman–Crippen MR) is 107 cm³/mol. The van der Waals surface area contributed by atoms with Crippen LogP contribution in [0.4, 0.5) is 5.69 Å². The Morgan fingerprint density at radius 3 is 2.38 bits per heavy atom. The first-order chi connectivity index (χ1) is 11.7. The Morgan fingerprint density at radius 1 is 1.00 bits per heavy atom.